The van der Waals surface area contributed by atoms with Gasteiger partial charge >= 0.3 is 0 Å². The van der Waals surface area contributed by atoms with E-state index in [1.54, 1.807) is 0 Å². The Balaban J connectivity index is 1.85. The zero-order chi connectivity index (χ0) is 15.9. The molecule has 4 heteroatoms. The van der Waals surface area contributed by atoms with E-state index < -0.39 is 0 Å². The number of rotatable bonds is 4. The van der Waals surface area contributed by atoms with Crippen molar-refractivity contribution in [3.8, 4) is 0 Å². The van der Waals surface area contributed by atoms with Crippen molar-refractivity contribution >= 4 is 23.2 Å². The summed E-state index contributed by atoms with van der Waals surface area (Å²) in [6, 6.07) is 4.39. The number of aryl methyl sites for hydroxylation is 2. The van der Waals surface area contributed by atoms with Crippen LogP contribution in [0.2, 0.25) is 5.02 Å². The summed E-state index contributed by atoms with van der Waals surface area (Å²) >= 11 is 6.23. The van der Waals surface area contributed by atoms with Gasteiger partial charge in [-0.1, -0.05) is 49.8 Å². The molecule has 1 aliphatic rings. The maximum absolute atomic E-state index is 12.2. The van der Waals surface area contributed by atoms with Gasteiger partial charge in [-0.3, -0.25) is 4.79 Å². The summed E-state index contributed by atoms with van der Waals surface area (Å²) in [6.07, 6.45) is 8.89. The summed E-state index contributed by atoms with van der Waals surface area (Å²) in [6.45, 7) is 4.33. The van der Waals surface area contributed by atoms with Crippen LogP contribution in [0, 0.1) is 13.8 Å². The summed E-state index contributed by atoms with van der Waals surface area (Å²) in [5.41, 5.74) is 2.84. The monoisotopic (exact) mass is 322 g/mol. The molecule has 22 heavy (non-hydrogen) atoms. The molecule has 0 atom stereocenters. The first kappa shape index (κ1) is 17.3. The molecule has 1 amide bonds. The van der Waals surface area contributed by atoms with Gasteiger partial charge in [-0.25, -0.2) is 0 Å². The Labute approximate surface area is 138 Å². The Morgan fingerprint density at radius 3 is 2.41 bits per heavy atom. The van der Waals surface area contributed by atoms with E-state index in [1.807, 2.05) is 26.0 Å². The van der Waals surface area contributed by atoms with E-state index in [0.717, 1.165) is 16.8 Å². The molecule has 1 saturated carbocycles. The average molecular weight is 323 g/mol. The Morgan fingerprint density at radius 1 is 1.14 bits per heavy atom. The van der Waals surface area contributed by atoms with E-state index in [4.69, 9.17) is 11.6 Å². The van der Waals surface area contributed by atoms with Gasteiger partial charge in [0.2, 0.25) is 5.91 Å². The molecule has 0 heterocycles. The minimum atomic E-state index is -0.0177. The standard InChI is InChI=1S/C18H27ClN2O/c1-13-10-14(2)18(16(19)11-13)21-17(22)12-20-15-8-6-4-3-5-7-9-15/h10-11,15,20H,3-9,12H2,1-2H3,(H,21,22). The second-order valence-electron chi connectivity index (χ2n) is 6.41. The van der Waals surface area contributed by atoms with Gasteiger partial charge in [0.25, 0.3) is 0 Å². The molecule has 1 aromatic rings. The minimum absolute atomic E-state index is 0.0177. The first-order valence-corrected chi connectivity index (χ1v) is 8.74. The predicted molar refractivity (Wildman–Crippen MR) is 93.7 cm³/mol. The normalized spacial score (nSPS) is 16.9. The number of carbonyl (C=O) groups is 1. The number of carbonyl (C=O) groups excluding carboxylic acids is 1. The van der Waals surface area contributed by atoms with E-state index >= 15 is 0 Å². The van der Waals surface area contributed by atoms with Crippen LogP contribution < -0.4 is 10.6 Å². The topological polar surface area (TPSA) is 41.1 Å². The van der Waals surface area contributed by atoms with Crippen molar-refractivity contribution in [1.29, 1.82) is 0 Å². The van der Waals surface area contributed by atoms with E-state index in [-0.39, 0.29) is 5.91 Å². The minimum Gasteiger partial charge on any atom is -0.323 e. The van der Waals surface area contributed by atoms with Gasteiger partial charge in [-0.15, -0.1) is 0 Å². The number of benzene rings is 1. The molecule has 0 aromatic heterocycles. The largest absolute Gasteiger partial charge is 0.323 e. The van der Waals surface area contributed by atoms with Crippen molar-refractivity contribution in [1.82, 2.24) is 5.32 Å². The highest BCUT2D eigenvalue weighted by atomic mass is 35.5. The van der Waals surface area contributed by atoms with Crippen LogP contribution in [0.5, 0.6) is 0 Å². The lowest BCUT2D eigenvalue weighted by molar-refractivity contribution is -0.115. The van der Waals surface area contributed by atoms with Crippen molar-refractivity contribution in [2.75, 3.05) is 11.9 Å². The zero-order valence-corrected chi connectivity index (χ0v) is 14.4. The average Bonchev–Trinajstić information content (AvgIpc) is 2.41. The summed E-state index contributed by atoms with van der Waals surface area (Å²) < 4.78 is 0. The lowest BCUT2D eigenvalue weighted by atomic mass is 9.97. The Hall–Kier alpha value is -1.06. The molecule has 0 bridgehead atoms. The van der Waals surface area contributed by atoms with Crippen molar-refractivity contribution in [3.05, 3.63) is 28.3 Å². The molecule has 2 rings (SSSR count). The molecular weight excluding hydrogens is 296 g/mol. The number of amides is 1. The fraction of sp³-hybridized carbons (Fsp3) is 0.611. The molecule has 0 unspecified atom stereocenters. The van der Waals surface area contributed by atoms with Gasteiger partial charge < -0.3 is 10.6 Å². The Bertz CT molecular complexity index is 485. The highest BCUT2D eigenvalue weighted by molar-refractivity contribution is 6.34. The molecular formula is C18H27ClN2O. The fourth-order valence-corrected chi connectivity index (χ4v) is 3.52. The van der Waals surface area contributed by atoms with Crippen LogP contribution in [-0.2, 0) is 4.79 Å². The van der Waals surface area contributed by atoms with Crippen LogP contribution in [0.15, 0.2) is 12.1 Å². The third-order valence-corrected chi connectivity index (χ3v) is 4.65. The van der Waals surface area contributed by atoms with Gasteiger partial charge in [-0.2, -0.15) is 0 Å². The summed E-state index contributed by atoms with van der Waals surface area (Å²) in [5.74, 6) is -0.0177. The molecule has 0 spiro atoms. The second-order valence-corrected chi connectivity index (χ2v) is 6.82. The summed E-state index contributed by atoms with van der Waals surface area (Å²) in [4.78, 5) is 12.2. The van der Waals surface area contributed by atoms with Crippen molar-refractivity contribution in [3.63, 3.8) is 0 Å². The van der Waals surface area contributed by atoms with Crippen LogP contribution in [0.3, 0.4) is 0 Å². The molecule has 0 radical (unpaired) electrons. The molecule has 2 N–H and O–H groups in total. The van der Waals surface area contributed by atoms with Crippen LogP contribution in [0.25, 0.3) is 0 Å². The molecule has 0 aliphatic heterocycles. The predicted octanol–water partition coefficient (Wildman–Crippen LogP) is 4.60. The van der Waals surface area contributed by atoms with Crippen LogP contribution in [0.1, 0.15) is 56.1 Å². The van der Waals surface area contributed by atoms with Crippen LogP contribution in [0.4, 0.5) is 5.69 Å². The van der Waals surface area contributed by atoms with Crippen LogP contribution >= 0.6 is 11.6 Å². The maximum atomic E-state index is 12.2. The maximum Gasteiger partial charge on any atom is 0.238 e. The SMILES string of the molecule is Cc1cc(C)c(NC(=O)CNC2CCCCCCC2)c(Cl)c1. The van der Waals surface area contributed by atoms with Gasteiger partial charge in [0.15, 0.2) is 0 Å². The molecule has 3 nitrogen and oxygen atoms in total. The lowest BCUT2D eigenvalue weighted by Gasteiger charge is -2.21. The highest BCUT2D eigenvalue weighted by Crippen LogP contribution is 2.27. The van der Waals surface area contributed by atoms with Crippen molar-refractivity contribution in [2.45, 2.75) is 64.8 Å². The smallest absolute Gasteiger partial charge is 0.238 e. The lowest BCUT2D eigenvalue weighted by Crippen LogP contribution is -2.36. The van der Waals surface area contributed by atoms with Crippen LogP contribution in [-0.4, -0.2) is 18.5 Å². The number of nitrogens with one attached hydrogen (secondary N) is 2. The highest BCUT2D eigenvalue weighted by Gasteiger charge is 2.14. The number of hydrogen-bond acceptors (Lipinski definition) is 2. The third kappa shape index (κ3) is 5.29. The molecule has 0 saturated heterocycles. The fourth-order valence-electron chi connectivity index (χ4n) is 3.15. The zero-order valence-electron chi connectivity index (χ0n) is 13.7. The summed E-state index contributed by atoms with van der Waals surface area (Å²) in [7, 11) is 0. The number of hydrogen-bond donors (Lipinski definition) is 2. The van der Waals surface area contributed by atoms with Crippen molar-refractivity contribution in [2.24, 2.45) is 0 Å². The molecule has 1 aromatic carbocycles. The van der Waals surface area contributed by atoms with Gasteiger partial charge in [0, 0.05) is 6.04 Å². The quantitative estimate of drug-likeness (QED) is 0.850. The van der Waals surface area contributed by atoms with E-state index in [1.165, 1.54) is 44.9 Å². The molecule has 1 aliphatic carbocycles. The molecule has 122 valence electrons. The third-order valence-electron chi connectivity index (χ3n) is 4.35. The van der Waals surface area contributed by atoms with E-state index in [2.05, 4.69) is 10.6 Å². The first-order chi connectivity index (χ1) is 10.6. The van der Waals surface area contributed by atoms with E-state index in [9.17, 15) is 4.79 Å². The van der Waals surface area contributed by atoms with E-state index in [0.29, 0.717) is 17.6 Å². The first-order valence-electron chi connectivity index (χ1n) is 8.36. The second kappa shape index (κ2) is 8.54. The van der Waals surface area contributed by atoms with Gasteiger partial charge in [0.1, 0.15) is 0 Å². The van der Waals surface area contributed by atoms with Gasteiger partial charge in [0.05, 0.1) is 17.3 Å². The van der Waals surface area contributed by atoms with Crippen molar-refractivity contribution < 1.29 is 4.79 Å². The Kier molecular flexibility index (Phi) is 6.71. The van der Waals surface area contributed by atoms with Gasteiger partial charge in [-0.05, 0) is 43.9 Å². The summed E-state index contributed by atoms with van der Waals surface area (Å²) in [5, 5.41) is 6.95. The Morgan fingerprint density at radius 2 is 1.77 bits per heavy atom. The number of anilines is 1. The number of halogens is 1. The molecule has 1 fully saturated rings.